The van der Waals surface area contributed by atoms with Crippen molar-refractivity contribution in [1.82, 2.24) is 9.97 Å². The van der Waals surface area contributed by atoms with Crippen LogP contribution in [0.25, 0.3) is 10.2 Å². The number of aliphatic hydroxyl groups is 1. The lowest BCUT2D eigenvalue weighted by Crippen LogP contribution is -2.21. The quantitative estimate of drug-likeness (QED) is 0.506. The van der Waals surface area contributed by atoms with Gasteiger partial charge in [0, 0.05) is 23.4 Å². The maximum atomic E-state index is 12.7. The third kappa shape index (κ3) is 4.80. The van der Waals surface area contributed by atoms with Gasteiger partial charge in [0.15, 0.2) is 0 Å². The average Bonchev–Trinajstić information content (AvgIpc) is 3.16. The maximum absolute atomic E-state index is 12.7. The van der Waals surface area contributed by atoms with E-state index in [1.54, 1.807) is 49.6 Å². The summed E-state index contributed by atoms with van der Waals surface area (Å²) < 4.78 is 1.03. The predicted octanol–water partition coefficient (Wildman–Crippen LogP) is 6.10. The number of fused-ring (bicyclic) bond motifs is 1. The third-order valence-electron chi connectivity index (χ3n) is 6.41. The zero-order valence-electron chi connectivity index (χ0n) is 18.7. The molecule has 1 aliphatic carbocycles. The Balaban J connectivity index is 1.64. The summed E-state index contributed by atoms with van der Waals surface area (Å²) in [5, 5.41) is 14.9. The number of benzene rings is 1. The van der Waals surface area contributed by atoms with E-state index in [0.29, 0.717) is 22.9 Å². The number of hydrogen-bond acceptors (Lipinski definition) is 5. The minimum absolute atomic E-state index is 0.290. The number of thiazole rings is 1. The number of anilines is 1. The highest BCUT2D eigenvalue weighted by Gasteiger charge is 2.28. The fraction of sp³-hybridized carbons (Fsp3) is 0.480. The van der Waals surface area contributed by atoms with Gasteiger partial charge in [-0.25, -0.2) is 4.98 Å². The van der Waals surface area contributed by atoms with Crippen LogP contribution in [0, 0.1) is 11.8 Å². The second-order valence-electron chi connectivity index (χ2n) is 9.50. The standard InChI is InChI=1S/C25H31N3O2S/c1-15(2)16-8-10-17(11-9-16)24-28-21-13-18(25(3,4)30)20(14-22(21)31-24)27-23(29)19-7-5-6-12-26-19/h5-7,12-17,30H,8-11H2,1-4H3,(H,27,29)/t16-,17-. The van der Waals surface area contributed by atoms with Crippen molar-refractivity contribution in [3.8, 4) is 0 Å². The molecule has 0 aliphatic heterocycles. The molecule has 4 rings (SSSR count). The van der Waals surface area contributed by atoms with E-state index in [2.05, 4.69) is 24.1 Å². The second kappa shape index (κ2) is 8.67. The Morgan fingerprint density at radius 2 is 1.94 bits per heavy atom. The molecule has 0 atom stereocenters. The molecule has 2 aromatic heterocycles. The van der Waals surface area contributed by atoms with Gasteiger partial charge < -0.3 is 10.4 Å². The summed E-state index contributed by atoms with van der Waals surface area (Å²) in [6, 6.07) is 9.10. The van der Waals surface area contributed by atoms with Crippen molar-refractivity contribution in [1.29, 1.82) is 0 Å². The number of nitrogens with one attached hydrogen (secondary N) is 1. The number of aromatic nitrogens is 2. The fourth-order valence-corrected chi connectivity index (χ4v) is 5.65. The van der Waals surface area contributed by atoms with Gasteiger partial charge in [-0.1, -0.05) is 19.9 Å². The van der Waals surface area contributed by atoms with Crippen LogP contribution in [-0.2, 0) is 5.60 Å². The summed E-state index contributed by atoms with van der Waals surface area (Å²) in [5.41, 5.74) is 1.38. The number of amides is 1. The highest BCUT2D eigenvalue weighted by molar-refractivity contribution is 7.18. The molecule has 1 saturated carbocycles. The van der Waals surface area contributed by atoms with Gasteiger partial charge in [0.25, 0.3) is 5.91 Å². The summed E-state index contributed by atoms with van der Waals surface area (Å²) in [7, 11) is 0. The second-order valence-corrected chi connectivity index (χ2v) is 10.6. The van der Waals surface area contributed by atoms with Gasteiger partial charge >= 0.3 is 0 Å². The number of rotatable bonds is 5. The Labute approximate surface area is 187 Å². The van der Waals surface area contributed by atoms with E-state index in [4.69, 9.17) is 4.98 Å². The first-order valence-corrected chi connectivity index (χ1v) is 11.9. The Morgan fingerprint density at radius 3 is 2.55 bits per heavy atom. The molecule has 2 N–H and O–H groups in total. The van der Waals surface area contributed by atoms with E-state index in [-0.39, 0.29) is 5.91 Å². The molecule has 0 bridgehead atoms. The Morgan fingerprint density at radius 1 is 1.19 bits per heavy atom. The topological polar surface area (TPSA) is 75.1 Å². The number of carbonyl (C=O) groups excluding carboxylic acids is 1. The zero-order valence-corrected chi connectivity index (χ0v) is 19.5. The molecule has 1 aliphatic rings. The van der Waals surface area contributed by atoms with Gasteiger partial charge in [0.1, 0.15) is 5.69 Å². The highest BCUT2D eigenvalue weighted by Crippen LogP contribution is 2.42. The molecular formula is C25H31N3O2S. The highest BCUT2D eigenvalue weighted by atomic mass is 32.1. The number of hydrogen-bond donors (Lipinski definition) is 2. The number of pyridine rings is 1. The summed E-state index contributed by atoms with van der Waals surface area (Å²) in [6.07, 6.45) is 6.49. The van der Waals surface area contributed by atoms with Gasteiger partial charge in [0.05, 0.1) is 20.8 Å². The predicted molar refractivity (Wildman–Crippen MR) is 127 cm³/mol. The third-order valence-corrected chi connectivity index (χ3v) is 7.59. The van der Waals surface area contributed by atoms with Crippen LogP contribution >= 0.6 is 11.3 Å². The lowest BCUT2D eigenvalue weighted by atomic mass is 9.77. The lowest BCUT2D eigenvalue weighted by molar-refractivity contribution is 0.0794. The normalized spacial score (nSPS) is 19.7. The molecule has 5 nitrogen and oxygen atoms in total. The van der Waals surface area contributed by atoms with Crippen LogP contribution in [0.5, 0.6) is 0 Å². The first-order valence-electron chi connectivity index (χ1n) is 11.1. The van der Waals surface area contributed by atoms with E-state index in [1.807, 2.05) is 12.1 Å². The van der Waals surface area contributed by atoms with Crippen LogP contribution in [0.2, 0.25) is 0 Å². The lowest BCUT2D eigenvalue weighted by Gasteiger charge is -2.29. The van der Waals surface area contributed by atoms with E-state index in [0.717, 1.165) is 22.1 Å². The largest absolute Gasteiger partial charge is 0.386 e. The summed E-state index contributed by atoms with van der Waals surface area (Å²) >= 11 is 1.71. The van der Waals surface area contributed by atoms with E-state index in [1.165, 1.54) is 30.7 Å². The van der Waals surface area contributed by atoms with Crippen LogP contribution in [-0.4, -0.2) is 21.0 Å². The van der Waals surface area contributed by atoms with Crippen molar-refractivity contribution in [2.75, 3.05) is 5.32 Å². The van der Waals surface area contributed by atoms with Crippen LogP contribution in [0.15, 0.2) is 36.5 Å². The fourth-order valence-electron chi connectivity index (χ4n) is 4.49. The number of nitrogens with zero attached hydrogens (tertiary/aromatic N) is 2. The average molecular weight is 438 g/mol. The molecule has 164 valence electrons. The molecule has 6 heteroatoms. The molecule has 0 radical (unpaired) electrons. The summed E-state index contributed by atoms with van der Waals surface area (Å²) in [6.45, 7) is 8.10. The SMILES string of the molecule is CC(C)[C@H]1CC[C@H](c2nc3cc(C(C)(C)O)c(NC(=O)c4ccccn4)cc3s2)CC1. The summed E-state index contributed by atoms with van der Waals surface area (Å²) in [5.74, 6) is 1.78. The Bertz CT molecular complexity index is 1060. The smallest absolute Gasteiger partial charge is 0.274 e. The molecule has 0 unspecified atom stereocenters. The molecule has 31 heavy (non-hydrogen) atoms. The minimum atomic E-state index is -1.11. The van der Waals surface area contributed by atoms with Crippen LogP contribution < -0.4 is 5.32 Å². The van der Waals surface area contributed by atoms with E-state index < -0.39 is 5.60 Å². The van der Waals surface area contributed by atoms with Crippen molar-refractivity contribution >= 4 is 33.1 Å². The zero-order chi connectivity index (χ0) is 22.2. The van der Waals surface area contributed by atoms with Crippen LogP contribution in [0.4, 0.5) is 5.69 Å². The molecule has 1 fully saturated rings. The Hall–Kier alpha value is -2.31. The first-order chi connectivity index (χ1) is 14.7. The maximum Gasteiger partial charge on any atom is 0.274 e. The summed E-state index contributed by atoms with van der Waals surface area (Å²) in [4.78, 5) is 21.8. The monoisotopic (exact) mass is 437 g/mol. The first kappa shape index (κ1) is 21.9. The van der Waals surface area contributed by atoms with Crippen molar-refractivity contribution in [2.45, 2.75) is 64.9 Å². The molecule has 0 spiro atoms. The molecule has 2 heterocycles. The number of carbonyl (C=O) groups is 1. The van der Waals surface area contributed by atoms with Gasteiger partial charge in [-0.15, -0.1) is 11.3 Å². The van der Waals surface area contributed by atoms with Crippen molar-refractivity contribution in [3.05, 3.63) is 52.8 Å². The van der Waals surface area contributed by atoms with Gasteiger partial charge in [-0.05, 0) is 75.6 Å². The van der Waals surface area contributed by atoms with Crippen molar-refractivity contribution in [2.24, 2.45) is 11.8 Å². The van der Waals surface area contributed by atoms with Crippen molar-refractivity contribution in [3.63, 3.8) is 0 Å². The van der Waals surface area contributed by atoms with Crippen molar-refractivity contribution < 1.29 is 9.90 Å². The van der Waals surface area contributed by atoms with Crippen LogP contribution in [0.1, 0.15) is 80.4 Å². The molecular weight excluding hydrogens is 406 g/mol. The van der Waals surface area contributed by atoms with Crippen LogP contribution in [0.3, 0.4) is 0 Å². The van der Waals surface area contributed by atoms with E-state index in [9.17, 15) is 9.90 Å². The minimum Gasteiger partial charge on any atom is -0.386 e. The van der Waals surface area contributed by atoms with E-state index >= 15 is 0 Å². The molecule has 3 aromatic rings. The van der Waals surface area contributed by atoms with Gasteiger partial charge in [-0.3, -0.25) is 9.78 Å². The van der Waals surface area contributed by atoms with Gasteiger partial charge in [-0.2, -0.15) is 0 Å². The molecule has 0 saturated heterocycles. The van der Waals surface area contributed by atoms with Gasteiger partial charge in [0.2, 0.25) is 0 Å². The molecule has 1 amide bonds. The Kier molecular flexibility index (Phi) is 6.13. The molecule has 1 aromatic carbocycles.